The van der Waals surface area contributed by atoms with Gasteiger partial charge in [0.05, 0.1) is 0 Å². The molecule has 2 heterocycles. The third-order valence-electron chi connectivity index (χ3n) is 2.16. The summed E-state index contributed by atoms with van der Waals surface area (Å²) in [6.45, 7) is 3.67. The van der Waals surface area contributed by atoms with Gasteiger partial charge in [0.25, 0.3) is 0 Å². The van der Waals surface area contributed by atoms with Gasteiger partial charge < -0.3 is 5.11 Å². The number of aromatic carboxylic acids is 1. The van der Waals surface area contributed by atoms with Crippen LogP contribution in [0.15, 0.2) is 17.6 Å². The van der Waals surface area contributed by atoms with Crippen LogP contribution in [-0.4, -0.2) is 21.0 Å². The predicted octanol–water partition coefficient (Wildman–Crippen LogP) is 2.52. The lowest BCUT2D eigenvalue weighted by Crippen LogP contribution is -2.05. The van der Waals surface area contributed by atoms with E-state index in [-0.39, 0.29) is 5.69 Å². The standard InChI is InChI=1S/C11H10N2O2S/c1-6-4-12-10(13-9(6)11(14)15)8-3-7(2)16-5-8/h3-5H,1-2H3,(H,14,15). The lowest BCUT2D eigenvalue weighted by atomic mass is 10.2. The molecule has 1 N–H and O–H groups in total. The van der Waals surface area contributed by atoms with Crippen LogP contribution in [0, 0.1) is 13.8 Å². The van der Waals surface area contributed by atoms with Gasteiger partial charge in [-0.1, -0.05) is 0 Å². The van der Waals surface area contributed by atoms with Crippen LogP contribution in [0.3, 0.4) is 0 Å². The van der Waals surface area contributed by atoms with Gasteiger partial charge in [-0.3, -0.25) is 0 Å². The lowest BCUT2D eigenvalue weighted by Gasteiger charge is -2.01. The SMILES string of the molecule is Cc1cc(-c2ncc(C)c(C(=O)O)n2)cs1. The third kappa shape index (κ3) is 1.94. The lowest BCUT2D eigenvalue weighted by molar-refractivity contribution is 0.0689. The molecule has 0 saturated carbocycles. The smallest absolute Gasteiger partial charge is 0.354 e. The molecule has 0 aliphatic carbocycles. The first-order valence-corrected chi connectivity index (χ1v) is 5.58. The van der Waals surface area contributed by atoms with Gasteiger partial charge in [0, 0.05) is 27.6 Å². The number of aromatic nitrogens is 2. The van der Waals surface area contributed by atoms with Crippen molar-refractivity contribution in [3.8, 4) is 11.4 Å². The zero-order chi connectivity index (χ0) is 11.7. The van der Waals surface area contributed by atoms with Crippen LogP contribution in [0.25, 0.3) is 11.4 Å². The molecule has 0 aliphatic heterocycles. The van der Waals surface area contributed by atoms with Crippen LogP contribution >= 0.6 is 11.3 Å². The highest BCUT2D eigenvalue weighted by Crippen LogP contribution is 2.22. The molecular weight excluding hydrogens is 224 g/mol. The molecule has 0 unspecified atom stereocenters. The highest BCUT2D eigenvalue weighted by molar-refractivity contribution is 7.10. The quantitative estimate of drug-likeness (QED) is 0.867. The van der Waals surface area contributed by atoms with E-state index in [9.17, 15) is 4.79 Å². The maximum atomic E-state index is 10.9. The average molecular weight is 234 g/mol. The summed E-state index contributed by atoms with van der Waals surface area (Å²) in [5.74, 6) is -0.555. The molecule has 0 atom stereocenters. The van der Waals surface area contributed by atoms with E-state index in [0.29, 0.717) is 11.4 Å². The number of carboxylic acid groups (broad SMARTS) is 1. The van der Waals surface area contributed by atoms with Crippen molar-refractivity contribution in [2.45, 2.75) is 13.8 Å². The maximum Gasteiger partial charge on any atom is 0.354 e. The molecule has 2 rings (SSSR count). The molecule has 0 spiro atoms. The number of thiophene rings is 1. The minimum absolute atomic E-state index is 0.0638. The Morgan fingerprint density at radius 3 is 2.75 bits per heavy atom. The Bertz CT molecular complexity index is 549. The number of carbonyl (C=O) groups is 1. The van der Waals surface area contributed by atoms with E-state index in [1.165, 1.54) is 0 Å². The summed E-state index contributed by atoms with van der Waals surface area (Å²) < 4.78 is 0. The van der Waals surface area contributed by atoms with Crippen molar-refractivity contribution in [1.29, 1.82) is 0 Å². The maximum absolute atomic E-state index is 10.9. The highest BCUT2D eigenvalue weighted by atomic mass is 32.1. The van der Waals surface area contributed by atoms with Gasteiger partial charge in [0.2, 0.25) is 0 Å². The summed E-state index contributed by atoms with van der Waals surface area (Å²) in [6, 6.07) is 1.95. The second-order valence-corrected chi connectivity index (χ2v) is 4.59. The van der Waals surface area contributed by atoms with Crippen molar-refractivity contribution >= 4 is 17.3 Å². The van der Waals surface area contributed by atoms with Crippen molar-refractivity contribution in [3.63, 3.8) is 0 Å². The van der Waals surface area contributed by atoms with E-state index < -0.39 is 5.97 Å². The molecule has 0 aromatic carbocycles. The third-order valence-corrected chi connectivity index (χ3v) is 3.02. The van der Waals surface area contributed by atoms with Crippen LogP contribution in [0.1, 0.15) is 20.9 Å². The van der Waals surface area contributed by atoms with Crippen LogP contribution in [0.4, 0.5) is 0 Å². The predicted molar refractivity (Wildman–Crippen MR) is 61.8 cm³/mol. The van der Waals surface area contributed by atoms with Crippen molar-refractivity contribution in [3.05, 3.63) is 33.8 Å². The molecule has 0 aliphatic rings. The van der Waals surface area contributed by atoms with E-state index in [1.807, 2.05) is 18.4 Å². The van der Waals surface area contributed by atoms with Gasteiger partial charge in [-0.2, -0.15) is 0 Å². The molecule has 5 heteroatoms. The van der Waals surface area contributed by atoms with Crippen LogP contribution in [-0.2, 0) is 0 Å². The summed E-state index contributed by atoms with van der Waals surface area (Å²) in [4.78, 5) is 20.3. The molecular formula is C11H10N2O2S. The number of carboxylic acids is 1. The molecule has 0 bridgehead atoms. The van der Waals surface area contributed by atoms with Crippen LogP contribution < -0.4 is 0 Å². The number of hydrogen-bond donors (Lipinski definition) is 1. The van der Waals surface area contributed by atoms with E-state index in [1.54, 1.807) is 24.5 Å². The van der Waals surface area contributed by atoms with Crippen molar-refractivity contribution in [1.82, 2.24) is 9.97 Å². The fourth-order valence-corrected chi connectivity index (χ4v) is 2.04. The molecule has 2 aromatic heterocycles. The summed E-state index contributed by atoms with van der Waals surface area (Å²) >= 11 is 1.59. The second kappa shape index (κ2) is 4.02. The van der Waals surface area contributed by atoms with Crippen molar-refractivity contribution in [2.24, 2.45) is 0 Å². The summed E-state index contributed by atoms with van der Waals surface area (Å²) in [6.07, 6.45) is 1.54. The first-order chi connectivity index (χ1) is 7.58. The zero-order valence-electron chi connectivity index (χ0n) is 8.89. The molecule has 0 amide bonds. The topological polar surface area (TPSA) is 63.1 Å². The Balaban J connectivity index is 2.51. The number of rotatable bonds is 2. The first kappa shape index (κ1) is 10.8. The Morgan fingerprint density at radius 2 is 2.19 bits per heavy atom. The molecule has 4 nitrogen and oxygen atoms in total. The Hall–Kier alpha value is -1.75. The number of aryl methyl sites for hydroxylation is 2. The molecule has 0 fully saturated rings. The molecule has 82 valence electrons. The van der Waals surface area contributed by atoms with Gasteiger partial charge in [-0.05, 0) is 19.9 Å². The highest BCUT2D eigenvalue weighted by Gasteiger charge is 2.12. The molecule has 0 radical (unpaired) electrons. The average Bonchev–Trinajstić information content (AvgIpc) is 2.65. The van der Waals surface area contributed by atoms with Crippen LogP contribution in [0.2, 0.25) is 0 Å². The zero-order valence-corrected chi connectivity index (χ0v) is 9.71. The van der Waals surface area contributed by atoms with Gasteiger partial charge >= 0.3 is 5.97 Å². The molecule has 0 saturated heterocycles. The summed E-state index contributed by atoms with van der Waals surface area (Å²) in [5.41, 5.74) is 1.50. The Morgan fingerprint density at radius 1 is 1.44 bits per heavy atom. The van der Waals surface area contributed by atoms with Crippen molar-refractivity contribution < 1.29 is 9.90 Å². The first-order valence-electron chi connectivity index (χ1n) is 4.70. The fraction of sp³-hybridized carbons (Fsp3) is 0.182. The van der Waals surface area contributed by atoms with Gasteiger partial charge in [0.1, 0.15) is 0 Å². The summed E-state index contributed by atoms with van der Waals surface area (Å²) in [7, 11) is 0. The van der Waals surface area contributed by atoms with Gasteiger partial charge in [-0.15, -0.1) is 11.3 Å². The monoisotopic (exact) mass is 234 g/mol. The van der Waals surface area contributed by atoms with E-state index in [0.717, 1.165) is 10.4 Å². The Labute approximate surface area is 96.6 Å². The molecule has 16 heavy (non-hydrogen) atoms. The van der Waals surface area contributed by atoms with Gasteiger partial charge in [0.15, 0.2) is 11.5 Å². The van der Waals surface area contributed by atoms with E-state index >= 15 is 0 Å². The second-order valence-electron chi connectivity index (χ2n) is 3.48. The van der Waals surface area contributed by atoms with Gasteiger partial charge in [-0.25, -0.2) is 14.8 Å². The normalized spacial score (nSPS) is 10.4. The fourth-order valence-electron chi connectivity index (χ4n) is 1.36. The minimum atomic E-state index is -1.02. The molecule has 2 aromatic rings. The number of nitrogens with zero attached hydrogens (tertiary/aromatic N) is 2. The largest absolute Gasteiger partial charge is 0.477 e. The van der Waals surface area contributed by atoms with E-state index in [2.05, 4.69) is 9.97 Å². The van der Waals surface area contributed by atoms with Crippen LogP contribution in [0.5, 0.6) is 0 Å². The van der Waals surface area contributed by atoms with E-state index in [4.69, 9.17) is 5.11 Å². The summed E-state index contributed by atoms with van der Waals surface area (Å²) in [5, 5.41) is 10.9. The Kier molecular flexibility index (Phi) is 2.70. The van der Waals surface area contributed by atoms with Crippen molar-refractivity contribution in [2.75, 3.05) is 0 Å². The number of hydrogen-bond acceptors (Lipinski definition) is 4. The minimum Gasteiger partial charge on any atom is -0.477 e.